The van der Waals surface area contributed by atoms with E-state index in [9.17, 15) is 0 Å². The number of fused-ring (bicyclic) bond motifs is 1. The molecule has 1 aromatic heterocycles. The average Bonchev–Trinajstić information content (AvgIpc) is 2.67. The minimum Gasteiger partial charge on any atom is -0.348 e. The molecule has 0 fully saturated rings. The molecule has 6 heteroatoms. The molecule has 4 nitrogen and oxygen atoms in total. The van der Waals surface area contributed by atoms with Crippen molar-refractivity contribution in [1.29, 1.82) is 0 Å². The fraction of sp³-hybridized carbons (Fsp3) is 0.222. The lowest BCUT2D eigenvalue weighted by Crippen LogP contribution is -2.14. The molecular weight excluding hydrogens is 228 g/mol. The van der Waals surface area contributed by atoms with Gasteiger partial charge in [-0.3, -0.25) is 0 Å². The normalized spacial score (nSPS) is 10.5. The third-order valence-corrected chi connectivity index (χ3v) is 2.78. The van der Waals surface area contributed by atoms with Gasteiger partial charge in [-0.05, 0) is 18.7 Å². The van der Waals surface area contributed by atoms with Gasteiger partial charge in [-0.15, -0.1) is 0 Å². The van der Waals surface area contributed by atoms with Crippen LogP contribution in [0, 0.1) is 0 Å². The van der Waals surface area contributed by atoms with E-state index in [1.165, 1.54) is 11.7 Å². The second-order valence-electron chi connectivity index (χ2n) is 3.02. The summed E-state index contributed by atoms with van der Waals surface area (Å²) in [5, 5.41) is 3.13. The third-order valence-electron chi connectivity index (χ3n) is 1.93. The van der Waals surface area contributed by atoms with Crippen LogP contribution in [-0.2, 0) is 0 Å². The maximum Gasteiger partial charge on any atom is 0.128 e. The first-order valence-corrected chi connectivity index (χ1v) is 5.66. The standard InChI is InChI=1S/C9H10N4S2/c10-5-4-8(14)11-6-2-1-3-7-9(6)13-15-12-7/h1-3H,4-5,10H2,(H,11,14). The first kappa shape index (κ1) is 10.4. The van der Waals surface area contributed by atoms with Crippen molar-refractivity contribution in [2.24, 2.45) is 5.73 Å². The Kier molecular flexibility index (Phi) is 3.20. The molecule has 0 bridgehead atoms. The summed E-state index contributed by atoms with van der Waals surface area (Å²) in [4.78, 5) is 0.734. The Morgan fingerprint density at radius 3 is 3.13 bits per heavy atom. The fourth-order valence-corrected chi connectivity index (χ4v) is 2.03. The van der Waals surface area contributed by atoms with E-state index in [1.54, 1.807) is 0 Å². The van der Waals surface area contributed by atoms with Crippen LogP contribution in [-0.4, -0.2) is 20.3 Å². The summed E-state index contributed by atoms with van der Waals surface area (Å²) in [6.07, 6.45) is 0.684. The number of nitrogens with one attached hydrogen (secondary N) is 1. The van der Waals surface area contributed by atoms with Crippen molar-refractivity contribution in [1.82, 2.24) is 8.75 Å². The summed E-state index contributed by atoms with van der Waals surface area (Å²) < 4.78 is 8.36. The second-order valence-corrected chi connectivity index (χ2v) is 4.05. The molecule has 0 radical (unpaired) electrons. The zero-order chi connectivity index (χ0) is 10.7. The van der Waals surface area contributed by atoms with E-state index >= 15 is 0 Å². The van der Waals surface area contributed by atoms with E-state index in [1.807, 2.05) is 18.2 Å². The number of nitrogens with two attached hydrogens (primary N) is 1. The number of aromatic nitrogens is 2. The molecule has 1 heterocycles. The van der Waals surface area contributed by atoms with Crippen LogP contribution >= 0.6 is 23.9 Å². The molecule has 15 heavy (non-hydrogen) atoms. The Morgan fingerprint density at radius 1 is 1.47 bits per heavy atom. The summed E-state index contributed by atoms with van der Waals surface area (Å²) in [6.45, 7) is 0.553. The number of anilines is 1. The Bertz CT molecular complexity index is 480. The molecule has 0 aliphatic rings. The number of rotatable bonds is 3. The zero-order valence-corrected chi connectivity index (χ0v) is 9.57. The molecule has 0 spiro atoms. The lowest BCUT2D eigenvalue weighted by molar-refractivity contribution is 1.05. The number of hydrogen-bond donors (Lipinski definition) is 2. The zero-order valence-electron chi connectivity index (χ0n) is 7.93. The van der Waals surface area contributed by atoms with Crippen molar-refractivity contribution in [3.8, 4) is 0 Å². The molecule has 0 aliphatic heterocycles. The predicted molar refractivity (Wildman–Crippen MR) is 67.3 cm³/mol. The van der Waals surface area contributed by atoms with Gasteiger partial charge in [0.05, 0.1) is 22.4 Å². The minimum atomic E-state index is 0.553. The van der Waals surface area contributed by atoms with Crippen LogP contribution in [0.3, 0.4) is 0 Å². The van der Waals surface area contributed by atoms with Crippen molar-refractivity contribution >= 4 is 45.7 Å². The van der Waals surface area contributed by atoms with E-state index in [0.717, 1.165) is 21.7 Å². The Hall–Kier alpha value is -1.11. The molecule has 0 unspecified atom stereocenters. The van der Waals surface area contributed by atoms with Gasteiger partial charge in [0.2, 0.25) is 0 Å². The largest absolute Gasteiger partial charge is 0.348 e. The van der Waals surface area contributed by atoms with Crippen LogP contribution in [0.2, 0.25) is 0 Å². The molecular formula is C9H10N4S2. The average molecular weight is 238 g/mol. The topological polar surface area (TPSA) is 63.8 Å². The first-order valence-electron chi connectivity index (χ1n) is 4.52. The van der Waals surface area contributed by atoms with Gasteiger partial charge in [-0.1, -0.05) is 18.3 Å². The van der Waals surface area contributed by atoms with Gasteiger partial charge in [0.25, 0.3) is 0 Å². The summed E-state index contributed by atoms with van der Waals surface area (Å²) >= 11 is 6.34. The fourth-order valence-electron chi connectivity index (χ4n) is 1.25. The monoisotopic (exact) mass is 238 g/mol. The smallest absolute Gasteiger partial charge is 0.128 e. The highest BCUT2D eigenvalue weighted by Crippen LogP contribution is 2.21. The maximum atomic E-state index is 5.42. The molecule has 78 valence electrons. The number of nitrogens with zero attached hydrogens (tertiary/aromatic N) is 2. The molecule has 0 atom stereocenters. The molecule has 0 saturated carbocycles. The van der Waals surface area contributed by atoms with Crippen LogP contribution < -0.4 is 11.1 Å². The Balaban J connectivity index is 2.27. The summed E-state index contributed by atoms with van der Waals surface area (Å²) in [6, 6.07) is 5.79. The molecule has 2 rings (SSSR count). The predicted octanol–water partition coefficient (Wildman–Crippen LogP) is 1.78. The van der Waals surface area contributed by atoms with Gasteiger partial charge < -0.3 is 11.1 Å². The maximum absolute atomic E-state index is 5.42. The summed E-state index contributed by atoms with van der Waals surface area (Å²) in [7, 11) is 0. The van der Waals surface area contributed by atoms with Crippen LogP contribution in [0.4, 0.5) is 5.69 Å². The molecule has 0 saturated heterocycles. The lowest BCUT2D eigenvalue weighted by atomic mass is 10.2. The van der Waals surface area contributed by atoms with Gasteiger partial charge in [-0.25, -0.2) is 0 Å². The van der Waals surface area contributed by atoms with E-state index in [-0.39, 0.29) is 0 Å². The van der Waals surface area contributed by atoms with Gasteiger partial charge in [-0.2, -0.15) is 8.75 Å². The molecule has 1 aromatic carbocycles. The second kappa shape index (κ2) is 4.61. The van der Waals surface area contributed by atoms with Gasteiger partial charge in [0.1, 0.15) is 11.0 Å². The number of hydrogen-bond acceptors (Lipinski definition) is 5. The van der Waals surface area contributed by atoms with Crippen LogP contribution in [0.1, 0.15) is 6.42 Å². The highest BCUT2D eigenvalue weighted by atomic mass is 32.1. The first-order chi connectivity index (χ1) is 7.31. The van der Waals surface area contributed by atoms with E-state index < -0.39 is 0 Å². The van der Waals surface area contributed by atoms with E-state index in [4.69, 9.17) is 18.0 Å². The van der Waals surface area contributed by atoms with Crippen LogP contribution in [0.25, 0.3) is 11.0 Å². The van der Waals surface area contributed by atoms with Crippen molar-refractivity contribution in [2.75, 3.05) is 11.9 Å². The Labute approximate surface area is 96.8 Å². The van der Waals surface area contributed by atoms with Crippen molar-refractivity contribution in [3.63, 3.8) is 0 Å². The van der Waals surface area contributed by atoms with E-state index in [0.29, 0.717) is 13.0 Å². The SMILES string of the molecule is NCCC(=S)Nc1cccc2nsnc12. The number of benzene rings is 1. The molecule has 0 amide bonds. The third kappa shape index (κ3) is 2.28. The highest BCUT2D eigenvalue weighted by Gasteiger charge is 2.05. The highest BCUT2D eigenvalue weighted by molar-refractivity contribution is 7.80. The lowest BCUT2D eigenvalue weighted by Gasteiger charge is -2.06. The summed E-state index contributed by atoms with van der Waals surface area (Å²) in [5.74, 6) is 0. The number of thiocarbonyl (C=S) groups is 1. The van der Waals surface area contributed by atoms with Crippen molar-refractivity contribution in [3.05, 3.63) is 18.2 Å². The van der Waals surface area contributed by atoms with E-state index in [2.05, 4.69) is 14.1 Å². The minimum absolute atomic E-state index is 0.553. The van der Waals surface area contributed by atoms with Crippen LogP contribution in [0.15, 0.2) is 18.2 Å². The van der Waals surface area contributed by atoms with Crippen LogP contribution in [0.5, 0.6) is 0 Å². The van der Waals surface area contributed by atoms with Crippen molar-refractivity contribution in [2.45, 2.75) is 6.42 Å². The Morgan fingerprint density at radius 2 is 2.33 bits per heavy atom. The van der Waals surface area contributed by atoms with Gasteiger partial charge >= 0.3 is 0 Å². The molecule has 0 aliphatic carbocycles. The van der Waals surface area contributed by atoms with Crippen molar-refractivity contribution < 1.29 is 0 Å². The molecule has 3 N–H and O–H groups in total. The van der Waals surface area contributed by atoms with Gasteiger partial charge in [0.15, 0.2) is 0 Å². The molecule has 2 aromatic rings. The van der Waals surface area contributed by atoms with Gasteiger partial charge in [0, 0.05) is 6.42 Å². The summed E-state index contributed by atoms with van der Waals surface area (Å²) in [5.41, 5.74) is 8.08. The quantitative estimate of drug-likeness (QED) is 0.798.